The van der Waals surface area contributed by atoms with Crippen LogP contribution in [0.1, 0.15) is 23.5 Å². The summed E-state index contributed by atoms with van der Waals surface area (Å²) in [6.07, 6.45) is 0. The van der Waals surface area contributed by atoms with Crippen LogP contribution in [-0.2, 0) is 0 Å². The van der Waals surface area contributed by atoms with Gasteiger partial charge in [-0.3, -0.25) is 0 Å². The van der Waals surface area contributed by atoms with Gasteiger partial charge in [0.15, 0.2) is 0 Å². The molecule has 17 heavy (non-hydrogen) atoms. The maximum Gasteiger partial charge on any atom is 0.206 e. The van der Waals surface area contributed by atoms with Crippen molar-refractivity contribution in [3.8, 4) is 5.75 Å². The Morgan fingerprint density at radius 2 is 2.18 bits per heavy atom. The lowest BCUT2D eigenvalue weighted by Gasteiger charge is -2.14. The number of phenols is 1. The van der Waals surface area contributed by atoms with E-state index in [2.05, 4.69) is 15.5 Å². The summed E-state index contributed by atoms with van der Waals surface area (Å²) in [6.45, 7) is 3.68. The predicted octanol–water partition coefficient (Wildman–Crippen LogP) is 2.86. The fourth-order valence-electron chi connectivity index (χ4n) is 1.49. The molecule has 0 aliphatic heterocycles. The van der Waals surface area contributed by atoms with Crippen molar-refractivity contribution in [2.45, 2.75) is 19.9 Å². The van der Waals surface area contributed by atoms with Crippen LogP contribution in [0.4, 0.5) is 9.52 Å². The number of benzene rings is 1. The Morgan fingerprint density at radius 1 is 1.41 bits per heavy atom. The molecular weight excluding hydrogens is 241 g/mol. The van der Waals surface area contributed by atoms with Gasteiger partial charge in [-0.15, -0.1) is 10.2 Å². The van der Waals surface area contributed by atoms with Crippen molar-refractivity contribution in [1.29, 1.82) is 0 Å². The van der Waals surface area contributed by atoms with Crippen LogP contribution in [-0.4, -0.2) is 15.3 Å². The molecule has 90 valence electrons. The molecule has 2 aromatic rings. The first-order valence-corrected chi connectivity index (χ1v) is 5.93. The van der Waals surface area contributed by atoms with Crippen LogP contribution < -0.4 is 5.32 Å². The van der Waals surface area contributed by atoms with E-state index in [9.17, 15) is 9.50 Å². The lowest BCUT2D eigenvalue weighted by molar-refractivity contribution is 0.462. The number of nitrogens with zero attached hydrogens (tertiary/aromatic N) is 2. The maximum atomic E-state index is 13.1. The van der Waals surface area contributed by atoms with Crippen molar-refractivity contribution >= 4 is 16.5 Å². The number of hydrogen-bond donors (Lipinski definition) is 2. The van der Waals surface area contributed by atoms with Crippen LogP contribution in [0, 0.1) is 12.7 Å². The second-order valence-corrected chi connectivity index (χ2v) is 4.88. The fourth-order valence-corrected chi connectivity index (χ4v) is 2.17. The summed E-state index contributed by atoms with van der Waals surface area (Å²) >= 11 is 1.41. The Balaban J connectivity index is 2.19. The van der Waals surface area contributed by atoms with Gasteiger partial charge in [0, 0.05) is 5.56 Å². The standard InChI is InChI=1S/C11H12FN3OS/c1-6(13-11-15-14-7(2)17-11)9-5-8(12)3-4-10(9)16/h3-6,16H,1-2H3,(H,13,15). The highest BCUT2D eigenvalue weighted by molar-refractivity contribution is 7.15. The molecule has 1 heterocycles. The van der Waals surface area contributed by atoms with Crippen molar-refractivity contribution in [1.82, 2.24) is 10.2 Å². The molecule has 1 aromatic carbocycles. The number of nitrogens with one attached hydrogen (secondary N) is 1. The number of aromatic nitrogens is 2. The lowest BCUT2D eigenvalue weighted by Crippen LogP contribution is -2.07. The number of hydrogen-bond acceptors (Lipinski definition) is 5. The SMILES string of the molecule is Cc1nnc(NC(C)c2cc(F)ccc2O)s1. The van der Waals surface area contributed by atoms with Gasteiger partial charge in [-0.05, 0) is 32.0 Å². The van der Waals surface area contributed by atoms with Gasteiger partial charge >= 0.3 is 0 Å². The maximum absolute atomic E-state index is 13.1. The number of halogens is 1. The van der Waals surface area contributed by atoms with Gasteiger partial charge in [0.2, 0.25) is 5.13 Å². The van der Waals surface area contributed by atoms with E-state index in [4.69, 9.17) is 0 Å². The number of rotatable bonds is 3. The first-order chi connectivity index (χ1) is 8.06. The normalized spacial score (nSPS) is 12.4. The van der Waals surface area contributed by atoms with Crippen LogP contribution in [0.15, 0.2) is 18.2 Å². The third kappa shape index (κ3) is 2.71. The van der Waals surface area contributed by atoms with Crippen molar-refractivity contribution in [2.24, 2.45) is 0 Å². The van der Waals surface area contributed by atoms with Crippen molar-refractivity contribution in [3.63, 3.8) is 0 Å². The highest BCUT2D eigenvalue weighted by atomic mass is 32.1. The van der Waals surface area contributed by atoms with E-state index in [1.54, 1.807) is 0 Å². The first kappa shape index (κ1) is 11.8. The third-order valence-electron chi connectivity index (χ3n) is 2.32. The summed E-state index contributed by atoms with van der Waals surface area (Å²) in [5, 5.41) is 22.0. The molecule has 0 radical (unpaired) electrons. The van der Waals surface area contributed by atoms with Gasteiger partial charge in [0.1, 0.15) is 16.6 Å². The van der Waals surface area contributed by atoms with Crippen LogP contribution in [0.2, 0.25) is 0 Å². The molecule has 2 N–H and O–H groups in total. The quantitative estimate of drug-likeness (QED) is 0.883. The Hall–Kier alpha value is -1.69. The Morgan fingerprint density at radius 3 is 2.82 bits per heavy atom. The number of aryl methyl sites for hydroxylation is 1. The van der Waals surface area contributed by atoms with Gasteiger partial charge in [0.05, 0.1) is 6.04 Å². The van der Waals surface area contributed by atoms with Crippen LogP contribution >= 0.6 is 11.3 Å². The molecule has 2 rings (SSSR count). The molecule has 0 saturated carbocycles. The zero-order chi connectivity index (χ0) is 12.4. The molecule has 0 spiro atoms. The van der Waals surface area contributed by atoms with E-state index in [1.165, 1.54) is 29.5 Å². The third-order valence-corrected chi connectivity index (χ3v) is 3.09. The van der Waals surface area contributed by atoms with E-state index in [0.717, 1.165) is 5.01 Å². The molecule has 1 unspecified atom stereocenters. The summed E-state index contributed by atoms with van der Waals surface area (Å²) in [5.74, 6) is -0.312. The van der Waals surface area contributed by atoms with E-state index in [1.807, 2.05) is 13.8 Å². The highest BCUT2D eigenvalue weighted by Crippen LogP contribution is 2.28. The van der Waals surface area contributed by atoms with Gasteiger partial charge < -0.3 is 10.4 Å². The molecule has 0 amide bonds. The number of aromatic hydroxyl groups is 1. The molecule has 1 atom stereocenters. The molecule has 6 heteroatoms. The molecule has 4 nitrogen and oxygen atoms in total. The van der Waals surface area contributed by atoms with Gasteiger partial charge in [-0.25, -0.2) is 4.39 Å². The Bertz CT molecular complexity index is 529. The lowest BCUT2D eigenvalue weighted by atomic mass is 10.1. The fraction of sp³-hybridized carbons (Fsp3) is 0.273. The largest absolute Gasteiger partial charge is 0.508 e. The molecule has 0 aliphatic carbocycles. The summed E-state index contributed by atoms with van der Waals surface area (Å²) in [7, 11) is 0. The first-order valence-electron chi connectivity index (χ1n) is 5.11. The molecule has 0 saturated heterocycles. The van der Waals surface area contributed by atoms with Crippen molar-refractivity contribution in [2.75, 3.05) is 5.32 Å². The second-order valence-electron chi connectivity index (χ2n) is 3.70. The summed E-state index contributed by atoms with van der Waals surface area (Å²) < 4.78 is 13.1. The molecule has 0 fully saturated rings. The number of anilines is 1. The van der Waals surface area contributed by atoms with E-state index in [-0.39, 0.29) is 17.6 Å². The minimum Gasteiger partial charge on any atom is -0.508 e. The van der Waals surface area contributed by atoms with Gasteiger partial charge in [0.25, 0.3) is 0 Å². The molecular formula is C11H12FN3OS. The topological polar surface area (TPSA) is 58.0 Å². The Kier molecular flexibility index (Phi) is 3.23. The zero-order valence-electron chi connectivity index (χ0n) is 9.44. The molecule has 1 aromatic heterocycles. The van der Waals surface area contributed by atoms with Crippen molar-refractivity contribution in [3.05, 3.63) is 34.6 Å². The smallest absolute Gasteiger partial charge is 0.206 e. The summed E-state index contributed by atoms with van der Waals surface area (Å²) in [4.78, 5) is 0. The van der Waals surface area contributed by atoms with Crippen LogP contribution in [0.25, 0.3) is 0 Å². The highest BCUT2D eigenvalue weighted by Gasteiger charge is 2.13. The minimum atomic E-state index is -0.375. The monoisotopic (exact) mass is 253 g/mol. The average Bonchev–Trinajstić information content (AvgIpc) is 2.67. The number of phenolic OH excluding ortho intramolecular Hbond substituents is 1. The van der Waals surface area contributed by atoms with E-state index in [0.29, 0.717) is 10.7 Å². The Labute approximate surface area is 102 Å². The summed E-state index contributed by atoms with van der Waals surface area (Å²) in [5.41, 5.74) is 0.498. The molecule has 0 aliphatic rings. The van der Waals surface area contributed by atoms with E-state index < -0.39 is 0 Å². The zero-order valence-corrected chi connectivity index (χ0v) is 10.3. The van der Waals surface area contributed by atoms with Gasteiger partial charge in [-0.2, -0.15) is 0 Å². The second kappa shape index (κ2) is 4.67. The molecule has 0 bridgehead atoms. The minimum absolute atomic E-state index is 0.0626. The van der Waals surface area contributed by atoms with Crippen LogP contribution in [0.3, 0.4) is 0 Å². The summed E-state index contributed by atoms with van der Waals surface area (Å²) in [6, 6.07) is 3.63. The van der Waals surface area contributed by atoms with Crippen molar-refractivity contribution < 1.29 is 9.50 Å². The van der Waals surface area contributed by atoms with E-state index >= 15 is 0 Å². The average molecular weight is 253 g/mol. The predicted molar refractivity (Wildman–Crippen MR) is 64.7 cm³/mol. The van der Waals surface area contributed by atoms with Gasteiger partial charge in [-0.1, -0.05) is 11.3 Å². The van der Waals surface area contributed by atoms with Crippen LogP contribution in [0.5, 0.6) is 5.75 Å².